The molecule has 0 atom stereocenters. The van der Waals surface area contributed by atoms with E-state index in [0.29, 0.717) is 16.3 Å². The van der Waals surface area contributed by atoms with E-state index in [1.54, 1.807) is 36.5 Å². The van der Waals surface area contributed by atoms with Crippen LogP contribution < -0.4 is 15.8 Å². The van der Waals surface area contributed by atoms with Crippen LogP contribution in [0.1, 0.15) is 10.4 Å². The molecule has 2 aromatic carbocycles. The Morgan fingerprint density at radius 3 is 2.75 bits per heavy atom. The molecule has 0 saturated heterocycles. The second-order valence-corrected chi connectivity index (χ2v) is 6.28. The highest BCUT2D eigenvalue weighted by atomic mass is 35.5. The highest BCUT2D eigenvalue weighted by Crippen LogP contribution is 2.28. The van der Waals surface area contributed by atoms with Crippen molar-refractivity contribution in [3.8, 4) is 11.6 Å². The molecule has 0 unspecified atom stereocenters. The number of benzene rings is 2. The number of amides is 1. The molecule has 3 N–H and O–H groups in total. The lowest BCUT2D eigenvalue weighted by Crippen LogP contribution is -2.14. The number of anilines is 2. The standard InChI is InChI=1S/C20H14ClN5O2/c21-13-5-3-4-12(10-13)19(27)24-17-11-18(26-20(22)25-17)28-16-8-9-23-15-7-2-1-6-14(15)16/h1-11H,(H3,22,24,25,26,27). The Balaban J connectivity index is 1.61. The van der Waals surface area contributed by atoms with Gasteiger partial charge in [0.25, 0.3) is 5.91 Å². The van der Waals surface area contributed by atoms with E-state index in [4.69, 9.17) is 22.1 Å². The minimum Gasteiger partial charge on any atom is -0.438 e. The second-order valence-electron chi connectivity index (χ2n) is 5.84. The van der Waals surface area contributed by atoms with Gasteiger partial charge in [0.2, 0.25) is 11.8 Å². The predicted octanol–water partition coefficient (Wildman–Crippen LogP) is 4.31. The molecule has 4 rings (SSSR count). The summed E-state index contributed by atoms with van der Waals surface area (Å²) in [6, 6.07) is 17.4. The van der Waals surface area contributed by atoms with Crippen molar-refractivity contribution in [2.45, 2.75) is 0 Å². The van der Waals surface area contributed by atoms with E-state index in [-0.39, 0.29) is 23.6 Å². The first-order valence-corrected chi connectivity index (χ1v) is 8.69. The lowest BCUT2D eigenvalue weighted by molar-refractivity contribution is 0.102. The molecule has 138 valence electrons. The molecule has 0 aliphatic carbocycles. The number of pyridine rings is 1. The lowest BCUT2D eigenvalue weighted by atomic mass is 10.2. The number of para-hydroxylation sites is 1. The van der Waals surface area contributed by atoms with Gasteiger partial charge in [0.1, 0.15) is 11.6 Å². The van der Waals surface area contributed by atoms with Gasteiger partial charge < -0.3 is 15.8 Å². The average molecular weight is 392 g/mol. The van der Waals surface area contributed by atoms with Gasteiger partial charge in [-0.15, -0.1) is 0 Å². The number of carbonyl (C=O) groups is 1. The third kappa shape index (κ3) is 3.84. The topological polar surface area (TPSA) is 103 Å². The molecule has 7 nitrogen and oxygen atoms in total. The molecule has 0 aliphatic rings. The van der Waals surface area contributed by atoms with Crippen LogP contribution in [0.2, 0.25) is 5.02 Å². The Hall–Kier alpha value is -3.71. The number of halogens is 1. The molecule has 0 spiro atoms. The van der Waals surface area contributed by atoms with Crippen LogP contribution in [0.3, 0.4) is 0 Å². The predicted molar refractivity (Wildman–Crippen MR) is 108 cm³/mol. The number of nitrogens with one attached hydrogen (secondary N) is 1. The Morgan fingerprint density at radius 2 is 1.89 bits per heavy atom. The van der Waals surface area contributed by atoms with Gasteiger partial charge in [-0.1, -0.05) is 29.8 Å². The second kappa shape index (κ2) is 7.50. The molecule has 4 aromatic rings. The first-order valence-electron chi connectivity index (χ1n) is 8.31. The minimum atomic E-state index is -0.374. The van der Waals surface area contributed by atoms with E-state index in [0.717, 1.165) is 10.9 Å². The van der Waals surface area contributed by atoms with Gasteiger partial charge in [0.15, 0.2) is 0 Å². The number of hydrogen-bond acceptors (Lipinski definition) is 6. The molecule has 0 saturated carbocycles. The van der Waals surface area contributed by atoms with Gasteiger partial charge in [-0.3, -0.25) is 9.78 Å². The number of hydrogen-bond donors (Lipinski definition) is 2. The fourth-order valence-corrected chi connectivity index (χ4v) is 2.84. The highest BCUT2D eigenvalue weighted by Gasteiger charge is 2.11. The molecular weight excluding hydrogens is 378 g/mol. The molecular formula is C20H14ClN5O2. The molecule has 0 aliphatic heterocycles. The first-order chi connectivity index (χ1) is 13.6. The summed E-state index contributed by atoms with van der Waals surface area (Å²) < 4.78 is 5.88. The van der Waals surface area contributed by atoms with E-state index >= 15 is 0 Å². The van der Waals surface area contributed by atoms with Crippen LogP contribution in [0, 0.1) is 0 Å². The van der Waals surface area contributed by atoms with E-state index in [1.165, 1.54) is 6.07 Å². The highest BCUT2D eigenvalue weighted by molar-refractivity contribution is 6.31. The summed E-state index contributed by atoms with van der Waals surface area (Å²) in [7, 11) is 0. The maximum atomic E-state index is 12.4. The zero-order chi connectivity index (χ0) is 19.5. The minimum absolute atomic E-state index is 0.0303. The normalized spacial score (nSPS) is 10.6. The van der Waals surface area contributed by atoms with Crippen LogP contribution in [0.4, 0.5) is 11.8 Å². The number of nitrogens with zero attached hydrogens (tertiary/aromatic N) is 3. The number of aromatic nitrogens is 3. The number of fused-ring (bicyclic) bond motifs is 1. The average Bonchev–Trinajstić information content (AvgIpc) is 2.68. The summed E-state index contributed by atoms with van der Waals surface area (Å²) in [6.45, 7) is 0. The quantitative estimate of drug-likeness (QED) is 0.537. The summed E-state index contributed by atoms with van der Waals surface area (Å²) in [5.74, 6) is 0.574. The van der Waals surface area contributed by atoms with Crippen molar-refractivity contribution < 1.29 is 9.53 Å². The van der Waals surface area contributed by atoms with Gasteiger partial charge in [-0.2, -0.15) is 9.97 Å². The lowest BCUT2D eigenvalue weighted by Gasteiger charge is -2.10. The van der Waals surface area contributed by atoms with Crippen molar-refractivity contribution in [2.24, 2.45) is 0 Å². The first kappa shape index (κ1) is 17.7. The maximum absolute atomic E-state index is 12.4. The van der Waals surface area contributed by atoms with Crippen LogP contribution in [0.25, 0.3) is 10.9 Å². The summed E-state index contributed by atoms with van der Waals surface area (Å²) in [4.78, 5) is 24.8. The molecule has 0 radical (unpaired) electrons. The Labute approximate surface area is 165 Å². The van der Waals surface area contributed by atoms with Crippen LogP contribution in [0.15, 0.2) is 66.9 Å². The van der Waals surface area contributed by atoms with Crippen molar-refractivity contribution in [1.82, 2.24) is 15.0 Å². The van der Waals surface area contributed by atoms with Crippen LogP contribution in [-0.4, -0.2) is 20.9 Å². The third-order valence-electron chi connectivity index (χ3n) is 3.87. The van der Waals surface area contributed by atoms with Gasteiger partial charge >= 0.3 is 0 Å². The van der Waals surface area contributed by atoms with E-state index in [2.05, 4.69) is 20.3 Å². The van der Waals surface area contributed by atoms with E-state index < -0.39 is 0 Å². The Kier molecular flexibility index (Phi) is 4.74. The molecule has 8 heteroatoms. The number of nitrogen functional groups attached to an aromatic ring is 1. The molecule has 2 aromatic heterocycles. The summed E-state index contributed by atoms with van der Waals surface area (Å²) in [5.41, 5.74) is 6.96. The van der Waals surface area contributed by atoms with Crippen molar-refractivity contribution in [1.29, 1.82) is 0 Å². The Morgan fingerprint density at radius 1 is 1.04 bits per heavy atom. The van der Waals surface area contributed by atoms with Gasteiger partial charge in [0.05, 0.1) is 5.52 Å². The van der Waals surface area contributed by atoms with Crippen LogP contribution in [0.5, 0.6) is 11.6 Å². The molecule has 2 heterocycles. The number of nitrogens with two attached hydrogens (primary N) is 1. The number of ether oxygens (including phenoxy) is 1. The van der Waals surface area contributed by atoms with Crippen molar-refractivity contribution in [3.05, 3.63) is 77.4 Å². The van der Waals surface area contributed by atoms with Crippen LogP contribution in [-0.2, 0) is 0 Å². The molecule has 28 heavy (non-hydrogen) atoms. The zero-order valence-corrected chi connectivity index (χ0v) is 15.2. The molecule has 0 fully saturated rings. The molecule has 0 bridgehead atoms. The van der Waals surface area contributed by atoms with E-state index in [9.17, 15) is 4.79 Å². The summed E-state index contributed by atoms with van der Waals surface area (Å²) >= 11 is 5.93. The van der Waals surface area contributed by atoms with Gasteiger partial charge in [-0.25, -0.2) is 0 Å². The number of rotatable bonds is 4. The fourth-order valence-electron chi connectivity index (χ4n) is 2.65. The zero-order valence-electron chi connectivity index (χ0n) is 14.5. The maximum Gasteiger partial charge on any atom is 0.256 e. The summed E-state index contributed by atoms with van der Waals surface area (Å²) in [6.07, 6.45) is 1.64. The summed E-state index contributed by atoms with van der Waals surface area (Å²) in [5, 5.41) is 3.96. The fraction of sp³-hybridized carbons (Fsp3) is 0. The van der Waals surface area contributed by atoms with Crippen LogP contribution >= 0.6 is 11.6 Å². The van der Waals surface area contributed by atoms with Crippen molar-refractivity contribution >= 4 is 40.2 Å². The Bertz CT molecular complexity index is 1180. The van der Waals surface area contributed by atoms with Gasteiger partial charge in [-0.05, 0) is 36.4 Å². The number of carbonyl (C=O) groups excluding carboxylic acids is 1. The van der Waals surface area contributed by atoms with Crippen molar-refractivity contribution in [2.75, 3.05) is 11.1 Å². The smallest absolute Gasteiger partial charge is 0.256 e. The largest absolute Gasteiger partial charge is 0.438 e. The monoisotopic (exact) mass is 391 g/mol. The van der Waals surface area contributed by atoms with E-state index in [1.807, 2.05) is 24.3 Å². The third-order valence-corrected chi connectivity index (χ3v) is 4.11. The SMILES string of the molecule is Nc1nc(NC(=O)c2cccc(Cl)c2)cc(Oc2ccnc3ccccc23)n1. The van der Waals surface area contributed by atoms with Gasteiger partial charge in [0, 0.05) is 28.2 Å². The molecule has 1 amide bonds. The van der Waals surface area contributed by atoms with Crippen molar-refractivity contribution in [3.63, 3.8) is 0 Å².